The number of hydrogen-bond acceptors (Lipinski definition) is 4. The summed E-state index contributed by atoms with van der Waals surface area (Å²) in [6.45, 7) is 0.869. The van der Waals surface area contributed by atoms with Crippen molar-refractivity contribution >= 4 is 11.8 Å². The molecule has 1 fully saturated rings. The fourth-order valence-corrected chi connectivity index (χ4v) is 2.55. The smallest absolute Gasteiger partial charge is 0.115 e. The number of aromatic nitrogens is 2. The first kappa shape index (κ1) is 8.97. The zero-order valence-electron chi connectivity index (χ0n) is 7.44. The minimum absolute atomic E-state index is 0.681. The summed E-state index contributed by atoms with van der Waals surface area (Å²) in [4.78, 5) is 8.04. The largest absolute Gasteiger partial charge is 0.308 e. The van der Waals surface area contributed by atoms with E-state index >= 15 is 0 Å². The summed E-state index contributed by atoms with van der Waals surface area (Å²) in [6.07, 6.45) is 4.67. The second-order valence-electron chi connectivity index (χ2n) is 3.14. The highest BCUT2D eigenvalue weighted by Gasteiger charge is 2.14. The van der Waals surface area contributed by atoms with E-state index in [2.05, 4.69) is 15.3 Å². The van der Waals surface area contributed by atoms with E-state index in [1.807, 2.05) is 17.8 Å². The van der Waals surface area contributed by atoms with Crippen molar-refractivity contribution in [3.05, 3.63) is 24.3 Å². The minimum atomic E-state index is 0.681. The first-order chi connectivity index (χ1) is 6.45. The van der Waals surface area contributed by atoms with Gasteiger partial charge in [0.1, 0.15) is 6.33 Å². The maximum Gasteiger partial charge on any atom is 0.115 e. The van der Waals surface area contributed by atoms with E-state index in [1.54, 1.807) is 12.5 Å². The Morgan fingerprint density at radius 2 is 2.62 bits per heavy atom. The van der Waals surface area contributed by atoms with Crippen LogP contribution in [0.5, 0.6) is 0 Å². The molecule has 1 N–H and O–H groups in total. The van der Waals surface area contributed by atoms with Crippen LogP contribution >= 0.6 is 11.8 Å². The highest BCUT2D eigenvalue weighted by Crippen LogP contribution is 2.17. The van der Waals surface area contributed by atoms with Crippen molar-refractivity contribution < 1.29 is 0 Å². The molecule has 1 aliphatic heterocycles. The van der Waals surface area contributed by atoms with Crippen LogP contribution in [0.15, 0.2) is 18.6 Å². The summed E-state index contributed by atoms with van der Waals surface area (Å²) in [5.41, 5.74) is 1.08. The Bertz CT molecular complexity index is 246. The van der Waals surface area contributed by atoms with E-state index in [0.29, 0.717) is 6.04 Å². The molecular weight excluding hydrogens is 182 g/mol. The fraction of sp³-hybridized carbons (Fsp3) is 0.556. The van der Waals surface area contributed by atoms with Gasteiger partial charge in [-0.15, -0.1) is 0 Å². The Balaban J connectivity index is 1.79. The maximum absolute atomic E-state index is 4.16. The lowest BCUT2D eigenvalue weighted by molar-refractivity contribution is 0.551. The molecule has 1 unspecified atom stereocenters. The van der Waals surface area contributed by atoms with E-state index in [1.165, 1.54) is 17.9 Å². The van der Waals surface area contributed by atoms with Crippen molar-refractivity contribution in [2.24, 2.45) is 0 Å². The third-order valence-corrected chi connectivity index (χ3v) is 3.31. The number of rotatable bonds is 3. The lowest BCUT2D eigenvalue weighted by Gasteiger charge is -2.09. The predicted octanol–water partition coefficient (Wildman–Crippen LogP) is 1.07. The molecule has 3 nitrogen and oxygen atoms in total. The van der Waals surface area contributed by atoms with Crippen LogP contribution in [0.2, 0.25) is 0 Å². The molecule has 1 aromatic heterocycles. The van der Waals surface area contributed by atoms with Crippen LogP contribution in [0.25, 0.3) is 0 Å². The highest BCUT2D eigenvalue weighted by molar-refractivity contribution is 7.99. The third kappa shape index (κ3) is 2.67. The van der Waals surface area contributed by atoms with Crippen LogP contribution in [-0.4, -0.2) is 27.5 Å². The van der Waals surface area contributed by atoms with Crippen molar-refractivity contribution in [3.8, 4) is 0 Å². The van der Waals surface area contributed by atoms with E-state index < -0.39 is 0 Å². The lowest BCUT2D eigenvalue weighted by Crippen LogP contribution is -2.28. The minimum Gasteiger partial charge on any atom is -0.308 e. The molecule has 2 heterocycles. The van der Waals surface area contributed by atoms with E-state index in [-0.39, 0.29) is 0 Å². The van der Waals surface area contributed by atoms with Crippen molar-refractivity contribution in [2.45, 2.75) is 19.0 Å². The number of hydrogen-bond donors (Lipinski definition) is 1. The van der Waals surface area contributed by atoms with Crippen LogP contribution in [0, 0.1) is 0 Å². The van der Waals surface area contributed by atoms with Crippen LogP contribution in [0.3, 0.4) is 0 Å². The van der Waals surface area contributed by atoms with E-state index in [9.17, 15) is 0 Å². The quantitative estimate of drug-likeness (QED) is 0.783. The second kappa shape index (κ2) is 4.58. The molecule has 0 spiro atoms. The topological polar surface area (TPSA) is 37.8 Å². The van der Waals surface area contributed by atoms with Gasteiger partial charge in [0, 0.05) is 24.5 Å². The normalized spacial score (nSPS) is 22.0. The maximum atomic E-state index is 4.16. The first-order valence-corrected chi connectivity index (χ1v) is 5.66. The summed E-state index contributed by atoms with van der Waals surface area (Å²) in [7, 11) is 0. The molecule has 1 atom stereocenters. The Morgan fingerprint density at radius 1 is 1.62 bits per heavy atom. The van der Waals surface area contributed by atoms with Gasteiger partial charge in [0.15, 0.2) is 0 Å². The van der Waals surface area contributed by atoms with Crippen molar-refractivity contribution in [2.75, 3.05) is 11.5 Å². The Kier molecular flexibility index (Phi) is 3.16. The molecule has 70 valence electrons. The Labute approximate surface area is 82.4 Å². The van der Waals surface area contributed by atoms with Gasteiger partial charge < -0.3 is 5.32 Å². The molecule has 13 heavy (non-hydrogen) atoms. The molecule has 2 rings (SSSR count). The average molecular weight is 195 g/mol. The first-order valence-electron chi connectivity index (χ1n) is 4.51. The SMILES string of the molecule is c1cc(CNC2CCSC2)ncn1. The molecule has 4 heteroatoms. The van der Waals surface area contributed by atoms with Crippen LogP contribution in [0.4, 0.5) is 0 Å². The standard InChI is InChI=1S/C9H13N3S/c1-3-10-7-12-8(1)5-11-9-2-4-13-6-9/h1,3,7,9,11H,2,4-6H2. The number of thioether (sulfide) groups is 1. The summed E-state index contributed by atoms with van der Waals surface area (Å²) in [5, 5.41) is 3.49. The summed E-state index contributed by atoms with van der Waals surface area (Å²) >= 11 is 2.02. The van der Waals surface area contributed by atoms with Gasteiger partial charge in [0.25, 0.3) is 0 Å². The molecular formula is C9H13N3S. The fourth-order valence-electron chi connectivity index (χ4n) is 1.37. The van der Waals surface area contributed by atoms with Gasteiger partial charge in [-0.1, -0.05) is 0 Å². The van der Waals surface area contributed by atoms with Crippen LogP contribution < -0.4 is 5.32 Å². The molecule has 0 aromatic carbocycles. The van der Waals surface area contributed by atoms with Crippen molar-refractivity contribution in [3.63, 3.8) is 0 Å². The second-order valence-corrected chi connectivity index (χ2v) is 4.29. The number of nitrogens with zero attached hydrogens (tertiary/aromatic N) is 2. The molecule has 0 saturated carbocycles. The summed E-state index contributed by atoms with van der Waals surface area (Å²) in [6, 6.07) is 2.63. The Hall–Kier alpha value is -0.610. The van der Waals surface area contributed by atoms with Gasteiger partial charge in [0.05, 0.1) is 5.69 Å². The molecule has 0 amide bonds. The Morgan fingerprint density at radius 3 is 3.31 bits per heavy atom. The van der Waals surface area contributed by atoms with Gasteiger partial charge >= 0.3 is 0 Å². The summed E-state index contributed by atoms with van der Waals surface area (Å²) in [5.74, 6) is 2.53. The van der Waals surface area contributed by atoms with Gasteiger partial charge in [-0.3, -0.25) is 0 Å². The van der Waals surface area contributed by atoms with Crippen LogP contribution in [-0.2, 0) is 6.54 Å². The number of nitrogens with one attached hydrogen (secondary N) is 1. The molecule has 1 aliphatic rings. The summed E-state index contributed by atoms with van der Waals surface area (Å²) < 4.78 is 0. The van der Waals surface area contributed by atoms with Gasteiger partial charge in [-0.2, -0.15) is 11.8 Å². The monoisotopic (exact) mass is 195 g/mol. The van der Waals surface area contributed by atoms with Gasteiger partial charge in [-0.25, -0.2) is 9.97 Å². The molecule has 0 bridgehead atoms. The van der Waals surface area contributed by atoms with Gasteiger partial charge in [-0.05, 0) is 18.2 Å². The van der Waals surface area contributed by atoms with E-state index in [4.69, 9.17) is 0 Å². The molecule has 1 aromatic rings. The van der Waals surface area contributed by atoms with Crippen molar-refractivity contribution in [1.29, 1.82) is 0 Å². The molecule has 0 radical (unpaired) electrons. The zero-order chi connectivity index (χ0) is 8.93. The van der Waals surface area contributed by atoms with E-state index in [0.717, 1.165) is 12.2 Å². The third-order valence-electron chi connectivity index (χ3n) is 2.14. The van der Waals surface area contributed by atoms with Crippen LogP contribution in [0.1, 0.15) is 12.1 Å². The molecule has 0 aliphatic carbocycles. The van der Waals surface area contributed by atoms with Gasteiger partial charge in [0.2, 0.25) is 0 Å². The molecule has 1 saturated heterocycles. The lowest BCUT2D eigenvalue weighted by atomic mass is 10.2. The average Bonchev–Trinajstić information content (AvgIpc) is 2.69. The highest BCUT2D eigenvalue weighted by atomic mass is 32.2. The predicted molar refractivity (Wildman–Crippen MR) is 54.6 cm³/mol. The van der Waals surface area contributed by atoms with Crippen molar-refractivity contribution in [1.82, 2.24) is 15.3 Å². The zero-order valence-corrected chi connectivity index (χ0v) is 8.26.